The van der Waals surface area contributed by atoms with E-state index in [-0.39, 0.29) is 0 Å². The van der Waals surface area contributed by atoms with Gasteiger partial charge in [-0.3, -0.25) is 0 Å². The van der Waals surface area contributed by atoms with Crippen molar-refractivity contribution < 1.29 is 4.74 Å². The van der Waals surface area contributed by atoms with E-state index < -0.39 is 0 Å². The van der Waals surface area contributed by atoms with Crippen molar-refractivity contribution in [3.63, 3.8) is 0 Å². The Morgan fingerprint density at radius 1 is 1.11 bits per heavy atom. The van der Waals surface area contributed by atoms with Crippen LogP contribution < -0.4 is 0 Å². The Hall–Kier alpha value is -0.530. The SMILES string of the molecule is Cc1ccccc1CC(CCl)CCOCCC(C)C. The van der Waals surface area contributed by atoms with Crippen molar-refractivity contribution in [3.05, 3.63) is 35.4 Å². The van der Waals surface area contributed by atoms with Gasteiger partial charge in [-0.05, 0) is 49.1 Å². The molecule has 0 fully saturated rings. The first-order valence-electron chi connectivity index (χ1n) is 7.31. The highest BCUT2D eigenvalue weighted by atomic mass is 35.5. The fourth-order valence-electron chi connectivity index (χ4n) is 2.05. The highest BCUT2D eigenvalue weighted by Gasteiger charge is 2.10. The van der Waals surface area contributed by atoms with Crippen molar-refractivity contribution in [2.24, 2.45) is 11.8 Å². The molecule has 0 aliphatic heterocycles. The van der Waals surface area contributed by atoms with Crippen molar-refractivity contribution in [2.45, 2.75) is 40.0 Å². The fraction of sp³-hybridized carbons (Fsp3) is 0.647. The summed E-state index contributed by atoms with van der Waals surface area (Å²) in [6.45, 7) is 8.32. The van der Waals surface area contributed by atoms with E-state index in [4.69, 9.17) is 16.3 Å². The Bertz CT molecular complexity index is 349. The molecule has 0 aliphatic rings. The number of hydrogen-bond donors (Lipinski definition) is 0. The second kappa shape index (κ2) is 9.39. The number of ether oxygens (including phenoxy) is 1. The number of hydrogen-bond acceptors (Lipinski definition) is 1. The molecule has 0 radical (unpaired) electrons. The van der Waals surface area contributed by atoms with E-state index >= 15 is 0 Å². The summed E-state index contributed by atoms with van der Waals surface area (Å²) in [5, 5.41) is 0. The molecule has 1 aromatic rings. The van der Waals surface area contributed by atoms with Gasteiger partial charge in [0, 0.05) is 19.1 Å². The van der Waals surface area contributed by atoms with Gasteiger partial charge in [0.1, 0.15) is 0 Å². The summed E-state index contributed by atoms with van der Waals surface area (Å²) in [7, 11) is 0. The van der Waals surface area contributed by atoms with Gasteiger partial charge in [-0.15, -0.1) is 11.6 Å². The van der Waals surface area contributed by atoms with Crippen LogP contribution in [0.3, 0.4) is 0 Å². The van der Waals surface area contributed by atoms with E-state index in [0.29, 0.717) is 11.8 Å². The molecule has 0 spiro atoms. The zero-order valence-electron chi connectivity index (χ0n) is 12.5. The minimum absolute atomic E-state index is 0.516. The van der Waals surface area contributed by atoms with Crippen LogP contribution in [0, 0.1) is 18.8 Å². The van der Waals surface area contributed by atoms with E-state index in [1.165, 1.54) is 11.1 Å². The van der Waals surface area contributed by atoms with Crippen LogP contribution in [0.1, 0.15) is 37.8 Å². The predicted molar refractivity (Wildman–Crippen MR) is 84.0 cm³/mol. The first kappa shape index (κ1) is 16.5. The average molecular weight is 283 g/mol. The van der Waals surface area contributed by atoms with Gasteiger partial charge in [-0.1, -0.05) is 38.1 Å². The molecule has 0 N–H and O–H groups in total. The predicted octanol–water partition coefficient (Wildman–Crippen LogP) is 4.85. The second-order valence-corrected chi connectivity index (χ2v) is 6.04. The van der Waals surface area contributed by atoms with Crippen molar-refractivity contribution >= 4 is 11.6 Å². The summed E-state index contributed by atoms with van der Waals surface area (Å²) in [5.74, 6) is 1.94. The molecule has 0 heterocycles. The summed E-state index contributed by atoms with van der Waals surface area (Å²) in [5.41, 5.74) is 2.77. The molecule has 0 saturated carbocycles. The molecule has 1 rings (SSSR count). The number of benzene rings is 1. The molecule has 0 amide bonds. The third-order valence-electron chi connectivity index (χ3n) is 3.50. The molecule has 0 bridgehead atoms. The third-order valence-corrected chi connectivity index (χ3v) is 3.93. The lowest BCUT2D eigenvalue weighted by molar-refractivity contribution is 0.112. The summed E-state index contributed by atoms with van der Waals surface area (Å²) >= 11 is 6.08. The van der Waals surface area contributed by atoms with Gasteiger partial charge in [-0.25, -0.2) is 0 Å². The maximum atomic E-state index is 6.08. The first-order chi connectivity index (χ1) is 9.13. The summed E-state index contributed by atoms with van der Waals surface area (Å²) < 4.78 is 5.69. The van der Waals surface area contributed by atoms with Gasteiger partial charge in [0.25, 0.3) is 0 Å². The van der Waals surface area contributed by atoms with Crippen molar-refractivity contribution in [2.75, 3.05) is 19.1 Å². The summed E-state index contributed by atoms with van der Waals surface area (Å²) in [4.78, 5) is 0. The first-order valence-corrected chi connectivity index (χ1v) is 7.85. The minimum Gasteiger partial charge on any atom is -0.381 e. The monoisotopic (exact) mass is 282 g/mol. The number of halogens is 1. The van der Waals surface area contributed by atoms with Crippen LogP contribution in [-0.4, -0.2) is 19.1 Å². The molecule has 1 aromatic carbocycles. The lowest BCUT2D eigenvalue weighted by atomic mass is 9.95. The Kier molecular flexibility index (Phi) is 8.16. The van der Waals surface area contributed by atoms with Gasteiger partial charge < -0.3 is 4.74 Å². The lowest BCUT2D eigenvalue weighted by Crippen LogP contribution is -2.12. The van der Waals surface area contributed by atoms with E-state index in [9.17, 15) is 0 Å². The topological polar surface area (TPSA) is 9.23 Å². The molecule has 2 heteroatoms. The van der Waals surface area contributed by atoms with Crippen molar-refractivity contribution in [1.82, 2.24) is 0 Å². The molecular formula is C17H27ClO. The molecule has 108 valence electrons. The Labute approximate surface area is 123 Å². The van der Waals surface area contributed by atoms with E-state index in [2.05, 4.69) is 45.0 Å². The summed E-state index contributed by atoms with van der Waals surface area (Å²) in [6.07, 6.45) is 3.25. The van der Waals surface area contributed by atoms with E-state index in [1.54, 1.807) is 0 Å². The third kappa shape index (κ3) is 6.98. The molecule has 1 nitrogen and oxygen atoms in total. The minimum atomic E-state index is 0.516. The highest BCUT2D eigenvalue weighted by Crippen LogP contribution is 2.17. The lowest BCUT2D eigenvalue weighted by Gasteiger charge is -2.15. The van der Waals surface area contributed by atoms with Gasteiger partial charge >= 0.3 is 0 Å². The highest BCUT2D eigenvalue weighted by molar-refractivity contribution is 6.18. The Morgan fingerprint density at radius 3 is 2.42 bits per heavy atom. The molecule has 1 unspecified atom stereocenters. The molecular weight excluding hydrogens is 256 g/mol. The van der Waals surface area contributed by atoms with Gasteiger partial charge in [0.05, 0.1) is 0 Å². The second-order valence-electron chi connectivity index (χ2n) is 5.73. The quantitative estimate of drug-likeness (QED) is 0.465. The van der Waals surface area contributed by atoms with Crippen LogP contribution in [0.5, 0.6) is 0 Å². The molecule has 0 aromatic heterocycles. The molecule has 1 atom stereocenters. The smallest absolute Gasteiger partial charge is 0.0469 e. The normalized spacial score (nSPS) is 12.9. The van der Waals surface area contributed by atoms with Crippen LogP contribution in [0.4, 0.5) is 0 Å². The fourth-order valence-corrected chi connectivity index (χ4v) is 2.32. The zero-order valence-corrected chi connectivity index (χ0v) is 13.2. The maximum absolute atomic E-state index is 6.08. The average Bonchev–Trinajstić information content (AvgIpc) is 2.39. The molecule has 0 aliphatic carbocycles. The number of alkyl halides is 1. The van der Waals surface area contributed by atoms with Gasteiger partial charge in [0.2, 0.25) is 0 Å². The zero-order chi connectivity index (χ0) is 14.1. The molecule has 19 heavy (non-hydrogen) atoms. The van der Waals surface area contributed by atoms with Gasteiger partial charge in [-0.2, -0.15) is 0 Å². The van der Waals surface area contributed by atoms with Gasteiger partial charge in [0.15, 0.2) is 0 Å². The van der Waals surface area contributed by atoms with Crippen molar-refractivity contribution in [1.29, 1.82) is 0 Å². The van der Waals surface area contributed by atoms with Crippen LogP contribution in [0.25, 0.3) is 0 Å². The van der Waals surface area contributed by atoms with Crippen LogP contribution in [0.2, 0.25) is 0 Å². The Balaban J connectivity index is 2.28. The number of aryl methyl sites for hydroxylation is 1. The Morgan fingerprint density at radius 2 is 1.79 bits per heavy atom. The van der Waals surface area contributed by atoms with Crippen LogP contribution in [-0.2, 0) is 11.2 Å². The van der Waals surface area contributed by atoms with Crippen LogP contribution in [0.15, 0.2) is 24.3 Å². The molecule has 0 saturated heterocycles. The summed E-state index contributed by atoms with van der Waals surface area (Å²) in [6, 6.07) is 8.56. The maximum Gasteiger partial charge on any atom is 0.0469 e. The van der Waals surface area contributed by atoms with E-state index in [1.807, 2.05) is 0 Å². The van der Waals surface area contributed by atoms with Crippen LogP contribution >= 0.6 is 11.6 Å². The largest absolute Gasteiger partial charge is 0.381 e. The van der Waals surface area contributed by atoms with E-state index in [0.717, 1.165) is 38.4 Å². The van der Waals surface area contributed by atoms with Crippen molar-refractivity contribution in [3.8, 4) is 0 Å². The standard InChI is InChI=1S/C17H27ClO/c1-14(2)8-10-19-11-9-16(13-18)12-17-7-5-4-6-15(17)3/h4-7,14,16H,8-13H2,1-3H3. The number of rotatable bonds is 9.